The van der Waals surface area contributed by atoms with Crippen LogP contribution in [-0.2, 0) is 12.8 Å². The number of amides is 1. The summed E-state index contributed by atoms with van der Waals surface area (Å²) in [6.45, 7) is 5.47. The molecule has 25 heavy (non-hydrogen) atoms. The van der Waals surface area contributed by atoms with Gasteiger partial charge >= 0.3 is 0 Å². The van der Waals surface area contributed by atoms with Gasteiger partial charge in [0, 0.05) is 31.1 Å². The van der Waals surface area contributed by atoms with E-state index in [9.17, 15) is 4.79 Å². The van der Waals surface area contributed by atoms with Crippen molar-refractivity contribution < 1.29 is 4.79 Å². The third-order valence-electron chi connectivity index (χ3n) is 5.30. The van der Waals surface area contributed by atoms with E-state index in [4.69, 9.17) is 11.6 Å². The minimum Gasteiger partial charge on any atom is -0.367 e. The second-order valence-electron chi connectivity index (χ2n) is 7.14. The molecule has 1 unspecified atom stereocenters. The van der Waals surface area contributed by atoms with Crippen LogP contribution in [0.25, 0.3) is 0 Å². The van der Waals surface area contributed by atoms with Gasteiger partial charge in [-0.1, -0.05) is 30.7 Å². The van der Waals surface area contributed by atoms with Crippen molar-refractivity contribution in [3.63, 3.8) is 0 Å². The number of nitrogens with zero attached hydrogens (tertiary/aromatic N) is 2. The SMILES string of the molecule is CC1CCc2sc(C(=O)N3CCN(c4ccccc4Cl)CC3)cc2C1. The lowest BCUT2D eigenvalue weighted by Crippen LogP contribution is -2.48. The summed E-state index contributed by atoms with van der Waals surface area (Å²) in [6.07, 6.45) is 3.51. The van der Waals surface area contributed by atoms with Crippen LogP contribution in [0, 0.1) is 5.92 Å². The summed E-state index contributed by atoms with van der Waals surface area (Å²) in [6, 6.07) is 10.1. The molecule has 1 aliphatic carbocycles. The van der Waals surface area contributed by atoms with Gasteiger partial charge in [-0.15, -0.1) is 11.3 Å². The fourth-order valence-corrected chi connectivity index (χ4v) is 5.26. The molecule has 2 heterocycles. The molecule has 1 amide bonds. The molecular formula is C20H23ClN2OS. The molecule has 1 aliphatic heterocycles. The Labute approximate surface area is 158 Å². The zero-order chi connectivity index (χ0) is 17.4. The molecule has 1 aromatic heterocycles. The molecule has 0 N–H and O–H groups in total. The van der Waals surface area contributed by atoms with E-state index >= 15 is 0 Å². The summed E-state index contributed by atoms with van der Waals surface area (Å²) >= 11 is 8.01. The van der Waals surface area contributed by atoms with E-state index in [1.807, 2.05) is 29.2 Å². The zero-order valence-electron chi connectivity index (χ0n) is 14.5. The van der Waals surface area contributed by atoms with Gasteiger partial charge in [0.25, 0.3) is 5.91 Å². The molecule has 1 aromatic carbocycles. The minimum atomic E-state index is 0.200. The van der Waals surface area contributed by atoms with Gasteiger partial charge in [-0.25, -0.2) is 0 Å². The van der Waals surface area contributed by atoms with Crippen LogP contribution in [0.1, 0.15) is 33.5 Å². The van der Waals surface area contributed by atoms with Gasteiger partial charge in [-0.2, -0.15) is 0 Å². The molecule has 4 rings (SSSR count). The summed E-state index contributed by atoms with van der Waals surface area (Å²) < 4.78 is 0. The largest absolute Gasteiger partial charge is 0.367 e. The number of carbonyl (C=O) groups excluding carboxylic acids is 1. The highest BCUT2D eigenvalue weighted by Crippen LogP contribution is 2.33. The summed E-state index contributed by atoms with van der Waals surface area (Å²) in [4.78, 5) is 19.5. The van der Waals surface area contributed by atoms with Crippen molar-refractivity contribution >= 4 is 34.5 Å². The molecule has 132 valence electrons. The molecule has 0 saturated carbocycles. The van der Waals surface area contributed by atoms with E-state index in [-0.39, 0.29) is 5.91 Å². The number of piperazine rings is 1. The Morgan fingerprint density at radius 3 is 2.72 bits per heavy atom. The summed E-state index contributed by atoms with van der Waals surface area (Å²) in [5, 5.41) is 0.780. The molecule has 0 bridgehead atoms. The van der Waals surface area contributed by atoms with E-state index < -0.39 is 0 Å². The number of halogens is 1. The van der Waals surface area contributed by atoms with Gasteiger partial charge in [0.15, 0.2) is 0 Å². The maximum Gasteiger partial charge on any atom is 0.264 e. The molecule has 2 aliphatic rings. The standard InChI is InChI=1S/C20H23ClN2OS/c1-14-6-7-18-15(12-14)13-19(25-18)20(24)23-10-8-22(9-11-23)17-5-3-2-4-16(17)21/h2-5,13-14H,6-12H2,1H3. The van der Waals surface area contributed by atoms with E-state index in [0.29, 0.717) is 0 Å². The van der Waals surface area contributed by atoms with Gasteiger partial charge in [-0.05, 0) is 48.9 Å². The number of anilines is 1. The molecule has 0 spiro atoms. The average molecular weight is 375 g/mol. The van der Waals surface area contributed by atoms with Gasteiger partial charge < -0.3 is 9.80 Å². The van der Waals surface area contributed by atoms with Crippen LogP contribution >= 0.6 is 22.9 Å². The van der Waals surface area contributed by atoms with E-state index in [1.54, 1.807) is 11.3 Å². The molecule has 2 aromatic rings. The number of thiophene rings is 1. The Kier molecular flexibility index (Phi) is 4.74. The van der Waals surface area contributed by atoms with Crippen LogP contribution in [0.4, 0.5) is 5.69 Å². The molecule has 1 fully saturated rings. The van der Waals surface area contributed by atoms with E-state index in [0.717, 1.165) is 60.5 Å². The first-order valence-electron chi connectivity index (χ1n) is 9.02. The maximum atomic E-state index is 12.9. The van der Waals surface area contributed by atoms with Crippen LogP contribution in [-0.4, -0.2) is 37.0 Å². The highest BCUT2D eigenvalue weighted by atomic mass is 35.5. The number of rotatable bonds is 2. The van der Waals surface area contributed by atoms with Crippen LogP contribution in [0.3, 0.4) is 0 Å². The second kappa shape index (κ2) is 7.00. The fraction of sp³-hybridized carbons (Fsp3) is 0.450. The maximum absolute atomic E-state index is 12.9. The first-order valence-corrected chi connectivity index (χ1v) is 10.2. The molecular weight excluding hydrogens is 352 g/mol. The highest BCUT2D eigenvalue weighted by Gasteiger charge is 2.26. The topological polar surface area (TPSA) is 23.6 Å². The number of fused-ring (bicyclic) bond motifs is 1. The lowest BCUT2D eigenvalue weighted by Gasteiger charge is -2.36. The molecule has 3 nitrogen and oxygen atoms in total. The van der Waals surface area contributed by atoms with Crippen molar-refractivity contribution in [1.82, 2.24) is 4.90 Å². The van der Waals surface area contributed by atoms with Crippen LogP contribution in [0.5, 0.6) is 0 Å². The first kappa shape index (κ1) is 16.9. The molecule has 0 radical (unpaired) electrons. The van der Waals surface area contributed by atoms with Crippen LogP contribution in [0.2, 0.25) is 5.02 Å². The second-order valence-corrected chi connectivity index (χ2v) is 8.68. The van der Waals surface area contributed by atoms with Gasteiger partial charge in [0.1, 0.15) is 0 Å². The summed E-state index contributed by atoms with van der Waals surface area (Å²) in [5.41, 5.74) is 2.47. The number of aryl methyl sites for hydroxylation is 1. The third-order valence-corrected chi connectivity index (χ3v) is 6.84. The van der Waals surface area contributed by atoms with Crippen molar-refractivity contribution in [2.75, 3.05) is 31.1 Å². The number of carbonyl (C=O) groups is 1. The highest BCUT2D eigenvalue weighted by molar-refractivity contribution is 7.14. The minimum absolute atomic E-state index is 0.200. The monoisotopic (exact) mass is 374 g/mol. The van der Waals surface area contributed by atoms with Gasteiger partial charge in [0.05, 0.1) is 15.6 Å². The lowest BCUT2D eigenvalue weighted by molar-refractivity contribution is 0.0751. The van der Waals surface area contributed by atoms with E-state index in [1.165, 1.54) is 16.9 Å². The zero-order valence-corrected chi connectivity index (χ0v) is 16.1. The van der Waals surface area contributed by atoms with Crippen molar-refractivity contribution in [2.45, 2.75) is 26.2 Å². The predicted molar refractivity (Wildman–Crippen MR) is 105 cm³/mol. The van der Waals surface area contributed by atoms with Crippen molar-refractivity contribution in [3.8, 4) is 0 Å². The van der Waals surface area contributed by atoms with E-state index in [2.05, 4.69) is 17.9 Å². The lowest BCUT2D eigenvalue weighted by atomic mass is 9.90. The smallest absolute Gasteiger partial charge is 0.264 e. The van der Waals surface area contributed by atoms with Crippen molar-refractivity contribution in [3.05, 3.63) is 50.7 Å². The summed E-state index contributed by atoms with van der Waals surface area (Å²) in [7, 11) is 0. The molecule has 5 heteroatoms. The number of para-hydroxylation sites is 1. The first-order chi connectivity index (χ1) is 12.1. The van der Waals surface area contributed by atoms with Gasteiger partial charge in [-0.3, -0.25) is 4.79 Å². The Balaban J connectivity index is 1.43. The molecule has 1 atom stereocenters. The number of hydrogen-bond donors (Lipinski definition) is 0. The quantitative estimate of drug-likeness (QED) is 0.773. The van der Waals surface area contributed by atoms with Crippen LogP contribution in [0.15, 0.2) is 30.3 Å². The Morgan fingerprint density at radius 1 is 1.20 bits per heavy atom. The Hall–Kier alpha value is -1.52. The normalized spacial score (nSPS) is 20.5. The third kappa shape index (κ3) is 3.42. The average Bonchev–Trinajstić information content (AvgIpc) is 3.05. The summed E-state index contributed by atoms with van der Waals surface area (Å²) in [5.74, 6) is 0.940. The number of hydrogen-bond acceptors (Lipinski definition) is 3. The van der Waals surface area contributed by atoms with Crippen LogP contribution < -0.4 is 4.90 Å². The van der Waals surface area contributed by atoms with Gasteiger partial charge in [0.2, 0.25) is 0 Å². The Bertz CT molecular complexity index is 780. The van der Waals surface area contributed by atoms with Crippen molar-refractivity contribution in [1.29, 1.82) is 0 Å². The van der Waals surface area contributed by atoms with Crippen molar-refractivity contribution in [2.24, 2.45) is 5.92 Å². The predicted octanol–water partition coefficient (Wildman–Crippen LogP) is 4.49. The number of benzene rings is 1. The molecule has 1 saturated heterocycles. The Morgan fingerprint density at radius 2 is 1.96 bits per heavy atom. The fourth-order valence-electron chi connectivity index (χ4n) is 3.83.